The fourth-order valence-corrected chi connectivity index (χ4v) is 3.06. The van der Waals surface area contributed by atoms with Crippen LogP contribution in [0, 0.1) is 5.82 Å². The number of nitrogens with zero attached hydrogens (tertiary/aromatic N) is 1. The average molecular weight is 356 g/mol. The fourth-order valence-electron chi connectivity index (χ4n) is 3.06. The zero-order valence-electron chi connectivity index (χ0n) is 14.3. The van der Waals surface area contributed by atoms with Crippen LogP contribution in [0.25, 0.3) is 0 Å². The van der Waals surface area contributed by atoms with Gasteiger partial charge in [0.25, 0.3) is 0 Å². The molecule has 4 N–H and O–H groups in total. The first kappa shape index (κ1) is 17.9. The number of amides is 3. The highest BCUT2D eigenvalue weighted by atomic mass is 19.1. The number of carbonyl (C=O) groups is 2. The number of carbonyl (C=O) groups excluding carboxylic acids is 2. The minimum Gasteiger partial charge on any atom is -0.338 e. The Morgan fingerprint density at radius 1 is 1.08 bits per heavy atom. The van der Waals surface area contributed by atoms with Crippen LogP contribution in [0.1, 0.15) is 17.5 Å². The Morgan fingerprint density at radius 3 is 2.58 bits per heavy atom. The molecular weight excluding hydrogens is 335 g/mol. The van der Waals surface area contributed by atoms with Crippen LogP contribution in [0.15, 0.2) is 42.5 Å². The van der Waals surface area contributed by atoms with E-state index in [4.69, 9.17) is 5.73 Å². The van der Waals surface area contributed by atoms with Gasteiger partial charge in [-0.3, -0.25) is 4.79 Å². The molecule has 26 heavy (non-hydrogen) atoms. The van der Waals surface area contributed by atoms with Crippen molar-refractivity contribution in [2.45, 2.75) is 19.4 Å². The molecule has 7 heteroatoms. The van der Waals surface area contributed by atoms with Crippen molar-refractivity contribution in [3.63, 3.8) is 0 Å². The van der Waals surface area contributed by atoms with E-state index in [0.717, 1.165) is 11.1 Å². The molecule has 0 spiro atoms. The van der Waals surface area contributed by atoms with Gasteiger partial charge in [-0.05, 0) is 35.7 Å². The summed E-state index contributed by atoms with van der Waals surface area (Å²) in [7, 11) is 0. The van der Waals surface area contributed by atoms with Crippen molar-refractivity contribution in [2.24, 2.45) is 5.73 Å². The first-order valence-corrected chi connectivity index (χ1v) is 8.49. The average Bonchev–Trinajstić information content (AvgIpc) is 2.63. The first-order valence-electron chi connectivity index (χ1n) is 8.49. The summed E-state index contributed by atoms with van der Waals surface area (Å²) in [5.41, 5.74) is 8.23. The van der Waals surface area contributed by atoms with E-state index in [0.29, 0.717) is 38.2 Å². The Labute approximate surface area is 151 Å². The molecule has 2 aromatic carbocycles. The summed E-state index contributed by atoms with van der Waals surface area (Å²) in [5.74, 6) is -0.458. The topological polar surface area (TPSA) is 87.5 Å². The van der Waals surface area contributed by atoms with Gasteiger partial charge in [-0.15, -0.1) is 0 Å². The van der Waals surface area contributed by atoms with E-state index in [-0.39, 0.29) is 11.6 Å². The van der Waals surface area contributed by atoms with E-state index in [1.54, 1.807) is 23.1 Å². The Balaban J connectivity index is 1.71. The van der Waals surface area contributed by atoms with Gasteiger partial charge in [-0.2, -0.15) is 0 Å². The van der Waals surface area contributed by atoms with Crippen molar-refractivity contribution in [2.75, 3.05) is 23.7 Å². The molecule has 3 amide bonds. The molecule has 0 saturated heterocycles. The van der Waals surface area contributed by atoms with E-state index in [9.17, 15) is 14.0 Å². The summed E-state index contributed by atoms with van der Waals surface area (Å²) in [6.07, 6.45) is 0.972. The highest BCUT2D eigenvalue weighted by Crippen LogP contribution is 2.27. The second kappa shape index (κ2) is 7.97. The maximum absolute atomic E-state index is 13.7. The van der Waals surface area contributed by atoms with Gasteiger partial charge in [0.15, 0.2) is 0 Å². The number of benzene rings is 2. The summed E-state index contributed by atoms with van der Waals surface area (Å²) < 4.78 is 13.7. The normalized spacial score (nSPS) is 13.1. The van der Waals surface area contributed by atoms with Crippen LogP contribution in [0.5, 0.6) is 0 Å². The van der Waals surface area contributed by atoms with Crippen molar-refractivity contribution in [1.82, 2.24) is 4.90 Å². The highest BCUT2D eigenvalue weighted by molar-refractivity contribution is 6.00. The second-order valence-electron chi connectivity index (χ2n) is 6.11. The lowest BCUT2D eigenvalue weighted by Gasteiger charge is -2.30. The van der Waals surface area contributed by atoms with E-state index in [2.05, 4.69) is 10.6 Å². The molecule has 0 atom stereocenters. The highest BCUT2D eigenvalue weighted by Gasteiger charge is 2.22. The van der Waals surface area contributed by atoms with Gasteiger partial charge in [0.1, 0.15) is 5.82 Å². The monoisotopic (exact) mass is 356 g/mol. The van der Waals surface area contributed by atoms with Gasteiger partial charge in [-0.25, -0.2) is 9.18 Å². The molecule has 0 unspecified atom stereocenters. The molecule has 1 aliphatic rings. The van der Waals surface area contributed by atoms with Crippen LogP contribution in [0.4, 0.5) is 20.6 Å². The molecule has 0 bridgehead atoms. The number of rotatable bonds is 4. The second-order valence-corrected chi connectivity index (χ2v) is 6.11. The lowest BCUT2D eigenvalue weighted by atomic mass is 9.97. The van der Waals surface area contributed by atoms with E-state index >= 15 is 0 Å². The van der Waals surface area contributed by atoms with Crippen molar-refractivity contribution >= 4 is 23.3 Å². The molecule has 6 nitrogen and oxygen atoms in total. The fraction of sp³-hybridized carbons (Fsp3) is 0.263. The summed E-state index contributed by atoms with van der Waals surface area (Å²) in [6.45, 7) is 1.41. The quantitative estimate of drug-likeness (QED) is 0.787. The van der Waals surface area contributed by atoms with E-state index in [1.165, 1.54) is 12.1 Å². The van der Waals surface area contributed by atoms with Crippen LogP contribution < -0.4 is 16.4 Å². The van der Waals surface area contributed by atoms with Gasteiger partial charge in [0.05, 0.1) is 5.69 Å². The van der Waals surface area contributed by atoms with Gasteiger partial charge in [0.2, 0.25) is 5.91 Å². The number of para-hydroxylation sites is 1. The standard InChI is InChI=1S/C19H21FN4O2/c20-15-5-1-2-6-17(15)23-19(26)22-16-7-3-4-13-12-24(11-9-14(13)16)18(25)8-10-21/h1-7H,8-12,21H2,(H2,22,23,26). The number of nitrogens with one attached hydrogen (secondary N) is 2. The molecule has 0 aromatic heterocycles. The first-order chi connectivity index (χ1) is 12.6. The lowest BCUT2D eigenvalue weighted by molar-refractivity contribution is -0.131. The third kappa shape index (κ3) is 4.00. The zero-order valence-corrected chi connectivity index (χ0v) is 14.3. The van der Waals surface area contributed by atoms with Crippen LogP contribution >= 0.6 is 0 Å². The molecule has 136 valence electrons. The molecule has 1 aliphatic heterocycles. The number of anilines is 2. The largest absolute Gasteiger partial charge is 0.338 e. The Hall–Kier alpha value is -2.93. The molecular formula is C19H21FN4O2. The SMILES string of the molecule is NCCC(=O)N1CCc2c(cccc2NC(=O)Nc2ccccc2F)C1. The predicted octanol–water partition coefficient (Wildman–Crippen LogP) is 2.70. The van der Waals surface area contributed by atoms with E-state index in [1.807, 2.05) is 12.1 Å². The van der Waals surface area contributed by atoms with Crippen molar-refractivity contribution in [3.05, 3.63) is 59.4 Å². The van der Waals surface area contributed by atoms with Crippen LogP contribution in [-0.4, -0.2) is 29.9 Å². The molecule has 3 rings (SSSR count). The summed E-state index contributed by atoms with van der Waals surface area (Å²) in [4.78, 5) is 26.0. The summed E-state index contributed by atoms with van der Waals surface area (Å²) in [6, 6.07) is 11.1. The third-order valence-electron chi connectivity index (χ3n) is 4.35. The van der Waals surface area contributed by atoms with Crippen molar-refractivity contribution in [1.29, 1.82) is 0 Å². The predicted molar refractivity (Wildman–Crippen MR) is 98.3 cm³/mol. The third-order valence-corrected chi connectivity index (χ3v) is 4.35. The summed E-state index contributed by atoms with van der Waals surface area (Å²) in [5, 5.41) is 5.28. The number of urea groups is 1. The van der Waals surface area contributed by atoms with Gasteiger partial charge in [-0.1, -0.05) is 24.3 Å². The lowest BCUT2D eigenvalue weighted by Crippen LogP contribution is -2.37. The molecule has 0 fully saturated rings. The van der Waals surface area contributed by atoms with Crippen LogP contribution in [-0.2, 0) is 17.8 Å². The number of fused-ring (bicyclic) bond motifs is 1. The van der Waals surface area contributed by atoms with E-state index < -0.39 is 11.8 Å². The van der Waals surface area contributed by atoms with Crippen LogP contribution in [0.2, 0.25) is 0 Å². The van der Waals surface area contributed by atoms with Gasteiger partial charge < -0.3 is 21.3 Å². The number of hydrogen-bond acceptors (Lipinski definition) is 3. The molecule has 0 saturated carbocycles. The molecule has 0 radical (unpaired) electrons. The number of nitrogens with two attached hydrogens (primary N) is 1. The minimum atomic E-state index is -0.509. The maximum Gasteiger partial charge on any atom is 0.323 e. The van der Waals surface area contributed by atoms with Crippen LogP contribution in [0.3, 0.4) is 0 Å². The number of hydrogen-bond donors (Lipinski definition) is 3. The molecule has 2 aromatic rings. The Kier molecular flexibility index (Phi) is 5.48. The van der Waals surface area contributed by atoms with Gasteiger partial charge >= 0.3 is 6.03 Å². The molecule has 1 heterocycles. The smallest absolute Gasteiger partial charge is 0.323 e. The maximum atomic E-state index is 13.7. The summed E-state index contributed by atoms with van der Waals surface area (Å²) >= 11 is 0. The Bertz CT molecular complexity index is 825. The molecule has 0 aliphatic carbocycles. The minimum absolute atomic E-state index is 0.0359. The number of halogens is 1. The van der Waals surface area contributed by atoms with Gasteiger partial charge in [0, 0.05) is 31.7 Å². The Morgan fingerprint density at radius 2 is 1.81 bits per heavy atom. The zero-order chi connectivity index (χ0) is 18.5. The van der Waals surface area contributed by atoms with Crippen molar-refractivity contribution < 1.29 is 14.0 Å². The van der Waals surface area contributed by atoms with Crippen molar-refractivity contribution in [3.8, 4) is 0 Å².